The van der Waals surface area contributed by atoms with E-state index in [0.29, 0.717) is 4.90 Å². The highest BCUT2D eigenvalue weighted by molar-refractivity contribution is 7.95. The standard InChI is InChI=1S/C11H12O2S/c1-8(2)10-7-14(12,13)11-6-4-3-5-9(10)11/h3-8H,1-2H3. The van der Waals surface area contributed by atoms with Crippen LogP contribution in [0.3, 0.4) is 0 Å². The summed E-state index contributed by atoms with van der Waals surface area (Å²) in [6, 6.07) is 7.16. The lowest BCUT2D eigenvalue weighted by Gasteiger charge is -2.06. The summed E-state index contributed by atoms with van der Waals surface area (Å²) in [4.78, 5) is 0.448. The van der Waals surface area contributed by atoms with Crippen molar-refractivity contribution in [2.75, 3.05) is 0 Å². The van der Waals surface area contributed by atoms with Crippen molar-refractivity contribution >= 4 is 15.4 Å². The highest BCUT2D eigenvalue weighted by Gasteiger charge is 2.27. The van der Waals surface area contributed by atoms with Gasteiger partial charge in [-0.2, -0.15) is 0 Å². The van der Waals surface area contributed by atoms with E-state index in [9.17, 15) is 8.42 Å². The Morgan fingerprint density at radius 1 is 1.14 bits per heavy atom. The van der Waals surface area contributed by atoms with E-state index < -0.39 is 9.84 Å². The molecule has 1 heterocycles. The van der Waals surface area contributed by atoms with Crippen molar-refractivity contribution in [1.29, 1.82) is 0 Å². The lowest BCUT2D eigenvalue weighted by molar-refractivity contribution is 0.605. The van der Waals surface area contributed by atoms with Crippen LogP contribution in [0.25, 0.3) is 5.57 Å². The van der Waals surface area contributed by atoms with Crippen molar-refractivity contribution < 1.29 is 8.42 Å². The maximum atomic E-state index is 11.7. The third-order valence-corrected chi connectivity index (χ3v) is 3.94. The van der Waals surface area contributed by atoms with Gasteiger partial charge < -0.3 is 0 Å². The van der Waals surface area contributed by atoms with Gasteiger partial charge >= 0.3 is 0 Å². The second-order valence-corrected chi connectivity index (χ2v) is 5.53. The molecule has 2 rings (SSSR count). The van der Waals surface area contributed by atoms with Gasteiger partial charge in [-0.25, -0.2) is 8.42 Å². The molecule has 0 N–H and O–H groups in total. The quantitative estimate of drug-likeness (QED) is 0.710. The average Bonchev–Trinajstić information content (AvgIpc) is 2.40. The Morgan fingerprint density at radius 2 is 1.79 bits per heavy atom. The van der Waals surface area contributed by atoms with Crippen molar-refractivity contribution in [2.24, 2.45) is 5.92 Å². The van der Waals surface area contributed by atoms with E-state index in [-0.39, 0.29) is 5.92 Å². The summed E-state index contributed by atoms with van der Waals surface area (Å²) in [5, 5.41) is 1.39. The Balaban J connectivity index is 2.73. The number of allylic oxidation sites excluding steroid dienone is 1. The first-order valence-corrected chi connectivity index (χ1v) is 6.13. The molecule has 0 spiro atoms. The predicted molar refractivity (Wildman–Crippen MR) is 56.4 cm³/mol. The molecule has 0 amide bonds. The summed E-state index contributed by atoms with van der Waals surface area (Å²) in [5.74, 6) is 0.244. The molecule has 0 bridgehead atoms. The molecule has 1 aliphatic rings. The maximum absolute atomic E-state index is 11.7. The molecule has 0 atom stereocenters. The van der Waals surface area contributed by atoms with E-state index in [4.69, 9.17) is 0 Å². The van der Waals surface area contributed by atoms with E-state index in [1.54, 1.807) is 12.1 Å². The highest BCUT2D eigenvalue weighted by Crippen LogP contribution is 2.36. The van der Waals surface area contributed by atoms with Crippen LogP contribution in [0.15, 0.2) is 34.6 Å². The molecule has 0 aliphatic carbocycles. The van der Waals surface area contributed by atoms with Crippen molar-refractivity contribution in [3.8, 4) is 0 Å². The molecule has 0 unspecified atom stereocenters. The fourth-order valence-corrected chi connectivity index (χ4v) is 3.32. The summed E-state index contributed by atoms with van der Waals surface area (Å²) in [6.07, 6.45) is 0. The minimum atomic E-state index is -3.16. The summed E-state index contributed by atoms with van der Waals surface area (Å²) in [5.41, 5.74) is 1.78. The summed E-state index contributed by atoms with van der Waals surface area (Å²) in [6.45, 7) is 4.01. The zero-order valence-electron chi connectivity index (χ0n) is 8.19. The Labute approximate surface area is 84.2 Å². The van der Waals surface area contributed by atoms with Gasteiger partial charge in [-0.1, -0.05) is 32.0 Å². The van der Waals surface area contributed by atoms with Crippen LogP contribution in [0.2, 0.25) is 0 Å². The molecule has 0 saturated heterocycles. The van der Waals surface area contributed by atoms with E-state index in [1.807, 2.05) is 26.0 Å². The molecule has 2 nitrogen and oxygen atoms in total. The highest BCUT2D eigenvalue weighted by atomic mass is 32.2. The summed E-state index contributed by atoms with van der Waals surface area (Å²) in [7, 11) is -3.16. The molecule has 1 aromatic rings. The van der Waals surface area contributed by atoms with E-state index >= 15 is 0 Å². The Kier molecular flexibility index (Phi) is 2.00. The second-order valence-electron chi connectivity index (χ2n) is 3.77. The van der Waals surface area contributed by atoms with Gasteiger partial charge in [0.25, 0.3) is 0 Å². The Morgan fingerprint density at radius 3 is 2.43 bits per heavy atom. The molecule has 14 heavy (non-hydrogen) atoms. The fraction of sp³-hybridized carbons (Fsp3) is 0.273. The third-order valence-electron chi connectivity index (χ3n) is 2.41. The first-order chi connectivity index (χ1) is 6.52. The van der Waals surface area contributed by atoms with Gasteiger partial charge in [0, 0.05) is 5.41 Å². The summed E-state index contributed by atoms with van der Waals surface area (Å²) >= 11 is 0. The van der Waals surface area contributed by atoms with Crippen LogP contribution in [0.1, 0.15) is 19.4 Å². The minimum absolute atomic E-state index is 0.244. The number of sulfone groups is 1. The lowest BCUT2D eigenvalue weighted by Crippen LogP contribution is -1.92. The van der Waals surface area contributed by atoms with Gasteiger partial charge in [0.15, 0.2) is 0 Å². The van der Waals surface area contributed by atoms with Gasteiger partial charge in [-0.3, -0.25) is 0 Å². The smallest absolute Gasteiger partial charge is 0.200 e. The number of hydrogen-bond donors (Lipinski definition) is 0. The fourth-order valence-electron chi connectivity index (χ4n) is 1.69. The topological polar surface area (TPSA) is 34.1 Å². The monoisotopic (exact) mass is 208 g/mol. The molecule has 3 heteroatoms. The minimum Gasteiger partial charge on any atom is -0.219 e. The van der Waals surface area contributed by atoms with Gasteiger partial charge in [-0.15, -0.1) is 0 Å². The molecule has 0 saturated carbocycles. The Hall–Kier alpha value is -1.09. The predicted octanol–water partition coefficient (Wildman–Crippen LogP) is 2.47. The normalized spacial score (nSPS) is 18.1. The van der Waals surface area contributed by atoms with Crippen LogP contribution < -0.4 is 0 Å². The second kappa shape index (κ2) is 2.95. The van der Waals surface area contributed by atoms with Crippen LogP contribution in [0.4, 0.5) is 0 Å². The number of benzene rings is 1. The van der Waals surface area contributed by atoms with Crippen LogP contribution in [-0.2, 0) is 9.84 Å². The van der Waals surface area contributed by atoms with Crippen LogP contribution in [0.5, 0.6) is 0 Å². The number of hydrogen-bond acceptors (Lipinski definition) is 2. The number of rotatable bonds is 1. The van der Waals surface area contributed by atoms with Crippen LogP contribution in [0, 0.1) is 5.92 Å². The first-order valence-electron chi connectivity index (χ1n) is 4.58. The van der Waals surface area contributed by atoms with E-state index in [2.05, 4.69) is 0 Å². The van der Waals surface area contributed by atoms with Gasteiger partial charge in [0.2, 0.25) is 9.84 Å². The summed E-state index contributed by atoms with van der Waals surface area (Å²) < 4.78 is 23.4. The lowest BCUT2D eigenvalue weighted by atomic mass is 9.97. The SMILES string of the molecule is CC(C)C1=CS(=O)(=O)c2ccccc21. The number of fused-ring (bicyclic) bond motifs is 1. The third kappa shape index (κ3) is 1.28. The molecule has 0 radical (unpaired) electrons. The zero-order chi connectivity index (χ0) is 10.3. The van der Waals surface area contributed by atoms with Crippen molar-refractivity contribution in [3.63, 3.8) is 0 Å². The molecular formula is C11H12O2S. The molecule has 1 aliphatic heterocycles. The Bertz CT molecular complexity index is 496. The van der Waals surface area contributed by atoms with Gasteiger partial charge in [0.05, 0.1) is 4.90 Å². The van der Waals surface area contributed by atoms with E-state index in [1.165, 1.54) is 5.41 Å². The molecule has 0 fully saturated rings. The molecular weight excluding hydrogens is 196 g/mol. The van der Waals surface area contributed by atoms with Crippen LogP contribution in [-0.4, -0.2) is 8.42 Å². The van der Waals surface area contributed by atoms with Crippen molar-refractivity contribution in [2.45, 2.75) is 18.7 Å². The van der Waals surface area contributed by atoms with Gasteiger partial charge in [0.1, 0.15) is 0 Å². The zero-order valence-corrected chi connectivity index (χ0v) is 9.01. The molecule has 1 aromatic carbocycles. The maximum Gasteiger partial charge on any atom is 0.200 e. The van der Waals surface area contributed by atoms with Crippen molar-refractivity contribution in [1.82, 2.24) is 0 Å². The largest absolute Gasteiger partial charge is 0.219 e. The van der Waals surface area contributed by atoms with Gasteiger partial charge in [-0.05, 0) is 23.1 Å². The van der Waals surface area contributed by atoms with Crippen LogP contribution >= 0.6 is 0 Å². The first kappa shape index (κ1) is 9.46. The average molecular weight is 208 g/mol. The van der Waals surface area contributed by atoms with Crippen molar-refractivity contribution in [3.05, 3.63) is 35.2 Å². The van der Waals surface area contributed by atoms with E-state index in [0.717, 1.165) is 11.1 Å². The molecule has 74 valence electrons. The molecule has 0 aromatic heterocycles.